The number of aromatic nitrogens is 1. The maximum atomic E-state index is 12.7. The second kappa shape index (κ2) is 7.18. The minimum Gasteiger partial charge on any atom is -0.441 e. The summed E-state index contributed by atoms with van der Waals surface area (Å²) < 4.78 is 5.75. The van der Waals surface area contributed by atoms with Crippen LogP contribution in [0.2, 0.25) is 0 Å². The summed E-state index contributed by atoms with van der Waals surface area (Å²) in [6.07, 6.45) is 2.55. The van der Waals surface area contributed by atoms with E-state index in [1.54, 1.807) is 0 Å². The first-order chi connectivity index (χ1) is 11.6. The maximum absolute atomic E-state index is 12.7. The number of amides is 1. The van der Waals surface area contributed by atoms with Crippen LogP contribution >= 0.6 is 12.4 Å². The number of fused-ring (bicyclic) bond motifs is 1. The van der Waals surface area contributed by atoms with Gasteiger partial charge < -0.3 is 15.1 Å². The zero-order valence-corrected chi connectivity index (χ0v) is 15.2. The molecular weight excluding hydrogens is 338 g/mol. The summed E-state index contributed by atoms with van der Waals surface area (Å²) in [5.74, 6) is 2.50. The largest absolute Gasteiger partial charge is 0.441 e. The van der Waals surface area contributed by atoms with Gasteiger partial charge in [0, 0.05) is 24.7 Å². The number of nitrogens with zero attached hydrogens (tertiary/aromatic N) is 2. The van der Waals surface area contributed by atoms with Gasteiger partial charge in [0.25, 0.3) is 0 Å². The van der Waals surface area contributed by atoms with Crippen molar-refractivity contribution >= 4 is 18.3 Å². The van der Waals surface area contributed by atoms with Gasteiger partial charge in [-0.2, -0.15) is 0 Å². The monoisotopic (exact) mass is 361 g/mol. The van der Waals surface area contributed by atoms with Crippen molar-refractivity contribution < 1.29 is 9.21 Å². The van der Waals surface area contributed by atoms with E-state index < -0.39 is 0 Å². The topological polar surface area (TPSA) is 72.4 Å². The number of rotatable bonds is 3. The first kappa shape index (κ1) is 18.0. The minimum atomic E-state index is 0. The number of halogens is 1. The average molecular weight is 362 g/mol. The van der Waals surface area contributed by atoms with Gasteiger partial charge in [0.1, 0.15) is 5.76 Å². The molecule has 2 aromatic rings. The Balaban J connectivity index is 0.00000182. The predicted octanol–water partition coefficient (Wildman–Crippen LogP) is 2.81. The Hall–Kier alpha value is -1.85. The zero-order valence-electron chi connectivity index (χ0n) is 14.4. The van der Waals surface area contributed by atoms with E-state index in [2.05, 4.69) is 4.98 Å². The van der Waals surface area contributed by atoms with Crippen LogP contribution in [0.3, 0.4) is 0 Å². The summed E-state index contributed by atoms with van der Waals surface area (Å²) in [5, 5.41) is 0. The molecule has 4 rings (SSSR count). The van der Waals surface area contributed by atoms with E-state index >= 15 is 0 Å². The van der Waals surface area contributed by atoms with Crippen LogP contribution in [0, 0.1) is 18.8 Å². The highest BCUT2D eigenvalue weighted by Gasteiger charge is 2.42. The van der Waals surface area contributed by atoms with E-state index in [4.69, 9.17) is 10.2 Å². The smallest absolute Gasteiger partial charge is 0.228 e. The molecule has 1 aromatic carbocycles. The van der Waals surface area contributed by atoms with Crippen molar-refractivity contribution in [2.75, 3.05) is 13.1 Å². The third kappa shape index (κ3) is 3.44. The van der Waals surface area contributed by atoms with Gasteiger partial charge in [0.05, 0.1) is 12.1 Å². The van der Waals surface area contributed by atoms with E-state index in [0.717, 1.165) is 42.9 Å². The minimum absolute atomic E-state index is 0. The fourth-order valence-electron chi connectivity index (χ4n) is 4.06. The number of hydrogen-bond donors (Lipinski definition) is 1. The van der Waals surface area contributed by atoms with E-state index in [1.807, 2.05) is 42.2 Å². The lowest BCUT2D eigenvalue weighted by Crippen LogP contribution is -2.34. The number of carbonyl (C=O) groups is 1. The van der Waals surface area contributed by atoms with Crippen molar-refractivity contribution in [2.45, 2.75) is 32.2 Å². The molecule has 2 heterocycles. The van der Waals surface area contributed by atoms with Gasteiger partial charge >= 0.3 is 0 Å². The van der Waals surface area contributed by atoms with Gasteiger partial charge in [0.15, 0.2) is 0 Å². The number of carbonyl (C=O) groups excluding carboxylic acids is 1. The molecule has 3 atom stereocenters. The number of benzene rings is 1. The molecule has 25 heavy (non-hydrogen) atoms. The second-order valence-corrected chi connectivity index (χ2v) is 7.03. The van der Waals surface area contributed by atoms with Crippen LogP contribution < -0.4 is 5.73 Å². The van der Waals surface area contributed by atoms with Crippen LogP contribution in [-0.4, -0.2) is 34.9 Å². The van der Waals surface area contributed by atoms with Crippen molar-refractivity contribution in [3.63, 3.8) is 0 Å². The van der Waals surface area contributed by atoms with Crippen LogP contribution in [0.25, 0.3) is 11.5 Å². The van der Waals surface area contributed by atoms with Gasteiger partial charge in [-0.05, 0) is 43.7 Å². The molecule has 0 spiro atoms. The third-order valence-electron chi connectivity index (χ3n) is 5.50. The van der Waals surface area contributed by atoms with E-state index in [0.29, 0.717) is 24.1 Å². The molecule has 2 N–H and O–H groups in total. The Morgan fingerprint density at radius 1 is 1.28 bits per heavy atom. The Morgan fingerprint density at radius 3 is 2.76 bits per heavy atom. The van der Waals surface area contributed by atoms with Gasteiger partial charge in [-0.3, -0.25) is 4.79 Å². The Morgan fingerprint density at radius 2 is 2.04 bits per heavy atom. The summed E-state index contributed by atoms with van der Waals surface area (Å²) in [4.78, 5) is 19.2. The lowest BCUT2D eigenvalue weighted by atomic mass is 9.98. The molecule has 1 saturated heterocycles. The average Bonchev–Trinajstić information content (AvgIpc) is 3.26. The fraction of sp³-hybridized carbons (Fsp3) is 0.474. The molecule has 0 bridgehead atoms. The Labute approximate surface area is 154 Å². The molecule has 2 aliphatic rings. The van der Waals surface area contributed by atoms with Crippen molar-refractivity contribution in [3.05, 3.63) is 41.8 Å². The number of likely N-dealkylation sites (tertiary alicyclic amines) is 1. The number of hydrogen-bond acceptors (Lipinski definition) is 4. The van der Waals surface area contributed by atoms with Crippen molar-refractivity contribution in [1.29, 1.82) is 0 Å². The number of aryl methyl sites for hydroxylation is 1. The van der Waals surface area contributed by atoms with E-state index in [9.17, 15) is 4.79 Å². The first-order valence-corrected chi connectivity index (χ1v) is 8.67. The molecule has 1 saturated carbocycles. The Kier molecular flexibility index (Phi) is 5.16. The summed E-state index contributed by atoms with van der Waals surface area (Å²) in [6, 6.07) is 10.0. The molecule has 1 amide bonds. The van der Waals surface area contributed by atoms with Crippen LogP contribution in [-0.2, 0) is 11.2 Å². The maximum Gasteiger partial charge on any atom is 0.228 e. The lowest BCUT2D eigenvalue weighted by Gasteiger charge is -2.18. The highest BCUT2D eigenvalue weighted by atomic mass is 35.5. The van der Waals surface area contributed by atoms with Crippen molar-refractivity contribution in [2.24, 2.45) is 17.6 Å². The Bertz CT molecular complexity index is 746. The third-order valence-corrected chi connectivity index (χ3v) is 5.50. The summed E-state index contributed by atoms with van der Waals surface area (Å²) >= 11 is 0. The number of oxazole rings is 1. The highest BCUT2D eigenvalue weighted by molar-refractivity contribution is 5.85. The fourth-order valence-corrected chi connectivity index (χ4v) is 4.06. The van der Waals surface area contributed by atoms with Gasteiger partial charge in [-0.25, -0.2) is 4.98 Å². The molecule has 3 unspecified atom stereocenters. The predicted molar refractivity (Wildman–Crippen MR) is 98.4 cm³/mol. The molecule has 134 valence electrons. The normalized spacial score (nSPS) is 24.9. The highest BCUT2D eigenvalue weighted by Crippen LogP contribution is 2.37. The van der Waals surface area contributed by atoms with Gasteiger partial charge in [0.2, 0.25) is 11.8 Å². The summed E-state index contributed by atoms with van der Waals surface area (Å²) in [5.41, 5.74) is 7.83. The van der Waals surface area contributed by atoms with Crippen LogP contribution in [0.15, 0.2) is 34.7 Å². The molecule has 1 aliphatic heterocycles. The molecule has 1 aliphatic carbocycles. The van der Waals surface area contributed by atoms with Crippen molar-refractivity contribution in [3.8, 4) is 11.5 Å². The van der Waals surface area contributed by atoms with E-state index in [1.165, 1.54) is 0 Å². The first-order valence-electron chi connectivity index (χ1n) is 8.67. The van der Waals surface area contributed by atoms with Crippen LogP contribution in [0.4, 0.5) is 0 Å². The SMILES string of the molecule is Cc1oc(-c2ccccc2)nc1CC(=O)N1CC2CCC(N)C2C1.Cl. The second-order valence-electron chi connectivity index (χ2n) is 7.03. The van der Waals surface area contributed by atoms with Crippen molar-refractivity contribution in [1.82, 2.24) is 9.88 Å². The molecule has 2 fully saturated rings. The molecule has 1 aromatic heterocycles. The van der Waals surface area contributed by atoms with Gasteiger partial charge in [-0.15, -0.1) is 12.4 Å². The molecular formula is C19H24ClN3O2. The standard InChI is InChI=1S/C19H23N3O2.ClH/c1-12-17(21-19(24-12)13-5-3-2-4-6-13)9-18(23)22-10-14-7-8-16(20)15(14)11-22;/h2-6,14-16H,7-11,20H2,1H3;1H. The zero-order chi connectivity index (χ0) is 16.7. The molecule has 6 heteroatoms. The number of nitrogens with two attached hydrogens (primary N) is 1. The van der Waals surface area contributed by atoms with Crippen LogP contribution in [0.5, 0.6) is 0 Å². The quantitative estimate of drug-likeness (QED) is 0.912. The lowest BCUT2D eigenvalue weighted by molar-refractivity contribution is -0.129. The summed E-state index contributed by atoms with van der Waals surface area (Å²) in [6.45, 7) is 3.52. The molecule has 0 radical (unpaired) electrons. The van der Waals surface area contributed by atoms with Crippen LogP contribution in [0.1, 0.15) is 24.3 Å². The molecule has 5 nitrogen and oxygen atoms in total. The van der Waals surface area contributed by atoms with Gasteiger partial charge in [-0.1, -0.05) is 18.2 Å². The van der Waals surface area contributed by atoms with E-state index in [-0.39, 0.29) is 24.4 Å². The summed E-state index contributed by atoms with van der Waals surface area (Å²) in [7, 11) is 0.